The maximum Gasteiger partial charge on any atom is 0.337 e. The minimum absolute atomic E-state index is 0.229. The molecule has 6 heteroatoms. The van der Waals surface area contributed by atoms with Crippen LogP contribution >= 0.6 is 27.7 Å². The highest BCUT2D eigenvalue weighted by Gasteiger charge is 2.09. The van der Waals surface area contributed by atoms with Crippen LogP contribution in [0.4, 0.5) is 0 Å². The average molecular weight is 367 g/mol. The van der Waals surface area contributed by atoms with Crippen LogP contribution in [0, 0.1) is 0 Å². The van der Waals surface area contributed by atoms with Crippen molar-refractivity contribution < 1.29 is 19.4 Å². The summed E-state index contributed by atoms with van der Waals surface area (Å²) < 4.78 is 5.35. The Morgan fingerprint density at radius 3 is 2.24 bits per heavy atom. The van der Waals surface area contributed by atoms with Crippen LogP contribution in [-0.2, 0) is 4.74 Å². The van der Waals surface area contributed by atoms with Gasteiger partial charge in [-0.05, 0) is 58.4 Å². The molecule has 0 bridgehead atoms. The number of carbonyl (C=O) groups is 2. The first-order chi connectivity index (χ1) is 10.0. The molecule has 108 valence electrons. The molecule has 2 aromatic rings. The van der Waals surface area contributed by atoms with Gasteiger partial charge in [0, 0.05) is 14.3 Å². The fourth-order valence-corrected chi connectivity index (χ4v) is 3.06. The van der Waals surface area contributed by atoms with E-state index in [1.165, 1.54) is 18.9 Å². The molecule has 0 atom stereocenters. The van der Waals surface area contributed by atoms with Gasteiger partial charge in [0.2, 0.25) is 0 Å². The molecule has 0 spiro atoms. The molecule has 0 aliphatic rings. The van der Waals surface area contributed by atoms with E-state index in [9.17, 15) is 9.59 Å². The maximum atomic E-state index is 11.3. The fourth-order valence-electron chi connectivity index (χ4n) is 1.62. The zero-order chi connectivity index (χ0) is 15.4. The average Bonchev–Trinajstić information content (AvgIpc) is 2.49. The molecule has 21 heavy (non-hydrogen) atoms. The third-order valence-electron chi connectivity index (χ3n) is 2.68. The Bertz CT molecular complexity index is 683. The van der Waals surface area contributed by atoms with E-state index >= 15 is 0 Å². The number of carbonyl (C=O) groups excluding carboxylic acids is 1. The number of esters is 1. The first-order valence-electron chi connectivity index (χ1n) is 5.90. The molecule has 0 amide bonds. The smallest absolute Gasteiger partial charge is 0.337 e. The van der Waals surface area contributed by atoms with Crippen LogP contribution in [0.1, 0.15) is 20.7 Å². The number of carboxylic acid groups (broad SMARTS) is 1. The lowest BCUT2D eigenvalue weighted by Crippen LogP contribution is -2.00. The van der Waals surface area contributed by atoms with Gasteiger partial charge >= 0.3 is 11.9 Å². The summed E-state index contributed by atoms with van der Waals surface area (Å²) in [6, 6.07) is 11.9. The predicted molar refractivity (Wildman–Crippen MR) is 83.0 cm³/mol. The monoisotopic (exact) mass is 366 g/mol. The molecule has 2 rings (SSSR count). The van der Waals surface area contributed by atoms with Gasteiger partial charge in [-0.25, -0.2) is 9.59 Å². The van der Waals surface area contributed by atoms with E-state index in [0.29, 0.717) is 10.0 Å². The molecular weight excluding hydrogens is 356 g/mol. The Morgan fingerprint density at radius 1 is 1.10 bits per heavy atom. The van der Waals surface area contributed by atoms with Crippen LogP contribution in [0.15, 0.2) is 56.7 Å². The van der Waals surface area contributed by atoms with Crippen LogP contribution < -0.4 is 0 Å². The van der Waals surface area contributed by atoms with Crippen molar-refractivity contribution in [2.45, 2.75) is 9.79 Å². The van der Waals surface area contributed by atoms with E-state index in [1.54, 1.807) is 30.3 Å². The standard InChI is InChI=1S/C15H11BrO4S/c1-20-15(19)9-2-5-11(6-3-9)21-13-7-4-10(14(17)18)8-12(13)16/h2-8H,1H3,(H,17,18). The number of ether oxygens (including phenoxy) is 1. The Balaban J connectivity index is 2.18. The number of benzene rings is 2. The van der Waals surface area contributed by atoms with Crippen LogP contribution in [0.5, 0.6) is 0 Å². The van der Waals surface area contributed by atoms with Crippen molar-refractivity contribution in [3.05, 3.63) is 58.1 Å². The summed E-state index contributed by atoms with van der Waals surface area (Å²) in [6.07, 6.45) is 0. The second kappa shape index (κ2) is 6.78. The van der Waals surface area contributed by atoms with Crippen LogP contribution in [0.2, 0.25) is 0 Å². The van der Waals surface area contributed by atoms with E-state index in [0.717, 1.165) is 9.79 Å². The second-order valence-electron chi connectivity index (χ2n) is 4.07. The highest BCUT2D eigenvalue weighted by atomic mass is 79.9. The van der Waals surface area contributed by atoms with Gasteiger partial charge in [0.05, 0.1) is 18.2 Å². The molecule has 0 radical (unpaired) electrons. The number of aromatic carboxylic acids is 1. The van der Waals surface area contributed by atoms with E-state index in [1.807, 2.05) is 12.1 Å². The lowest BCUT2D eigenvalue weighted by atomic mass is 10.2. The highest BCUT2D eigenvalue weighted by Crippen LogP contribution is 2.34. The normalized spacial score (nSPS) is 10.2. The van der Waals surface area contributed by atoms with Gasteiger partial charge in [0.25, 0.3) is 0 Å². The van der Waals surface area contributed by atoms with Gasteiger partial charge in [-0.15, -0.1) is 0 Å². The molecule has 0 fully saturated rings. The molecule has 0 unspecified atom stereocenters. The zero-order valence-corrected chi connectivity index (χ0v) is 13.4. The largest absolute Gasteiger partial charge is 0.478 e. The van der Waals surface area contributed by atoms with Crippen LogP contribution in [0.3, 0.4) is 0 Å². The number of hydrogen-bond acceptors (Lipinski definition) is 4. The molecular formula is C15H11BrO4S. The van der Waals surface area contributed by atoms with Crippen molar-refractivity contribution in [2.75, 3.05) is 7.11 Å². The van der Waals surface area contributed by atoms with Crippen molar-refractivity contribution in [3.63, 3.8) is 0 Å². The molecule has 0 aliphatic heterocycles. The molecule has 1 N–H and O–H groups in total. The summed E-state index contributed by atoms with van der Waals surface area (Å²) in [4.78, 5) is 24.1. The fraction of sp³-hybridized carbons (Fsp3) is 0.0667. The number of hydrogen-bond donors (Lipinski definition) is 1. The molecule has 0 saturated carbocycles. The predicted octanol–water partition coefficient (Wildman–Crippen LogP) is 4.09. The molecule has 0 aliphatic carbocycles. The zero-order valence-electron chi connectivity index (χ0n) is 11.0. The molecule has 0 aromatic heterocycles. The van der Waals surface area contributed by atoms with E-state index in [-0.39, 0.29) is 11.5 Å². The van der Waals surface area contributed by atoms with Crippen molar-refractivity contribution in [1.82, 2.24) is 0 Å². The number of halogens is 1. The third-order valence-corrected chi connectivity index (χ3v) is 4.68. The topological polar surface area (TPSA) is 63.6 Å². The second-order valence-corrected chi connectivity index (χ2v) is 6.04. The summed E-state index contributed by atoms with van der Waals surface area (Å²) in [7, 11) is 1.34. The van der Waals surface area contributed by atoms with Gasteiger partial charge in [-0.3, -0.25) is 0 Å². The number of carboxylic acids is 1. The first kappa shape index (κ1) is 15.6. The third kappa shape index (κ3) is 3.86. The maximum absolute atomic E-state index is 11.3. The van der Waals surface area contributed by atoms with Crippen molar-refractivity contribution in [2.24, 2.45) is 0 Å². The summed E-state index contributed by atoms with van der Waals surface area (Å²) in [5, 5.41) is 8.92. The summed E-state index contributed by atoms with van der Waals surface area (Å²) in [5.41, 5.74) is 0.717. The molecule has 4 nitrogen and oxygen atoms in total. The Labute approximate surface area is 134 Å². The molecule has 0 saturated heterocycles. The van der Waals surface area contributed by atoms with E-state index in [4.69, 9.17) is 5.11 Å². The quantitative estimate of drug-likeness (QED) is 0.825. The highest BCUT2D eigenvalue weighted by molar-refractivity contribution is 9.10. The van der Waals surface area contributed by atoms with Crippen molar-refractivity contribution >= 4 is 39.6 Å². The van der Waals surface area contributed by atoms with Crippen molar-refractivity contribution in [1.29, 1.82) is 0 Å². The molecule has 2 aromatic carbocycles. The van der Waals surface area contributed by atoms with Gasteiger partial charge in [0.15, 0.2) is 0 Å². The molecule has 0 heterocycles. The lowest BCUT2D eigenvalue weighted by Gasteiger charge is -2.06. The van der Waals surface area contributed by atoms with Gasteiger partial charge in [-0.2, -0.15) is 0 Å². The number of rotatable bonds is 4. The van der Waals surface area contributed by atoms with Crippen molar-refractivity contribution in [3.8, 4) is 0 Å². The van der Waals surface area contributed by atoms with E-state index < -0.39 is 5.97 Å². The van der Waals surface area contributed by atoms with Crippen LogP contribution in [0.25, 0.3) is 0 Å². The Hall–Kier alpha value is -1.79. The SMILES string of the molecule is COC(=O)c1ccc(Sc2ccc(C(=O)O)cc2Br)cc1. The summed E-state index contributed by atoms with van der Waals surface area (Å²) in [6.45, 7) is 0. The Kier molecular flexibility index (Phi) is 5.03. The summed E-state index contributed by atoms with van der Waals surface area (Å²) >= 11 is 4.83. The van der Waals surface area contributed by atoms with Gasteiger partial charge < -0.3 is 9.84 Å². The van der Waals surface area contributed by atoms with Gasteiger partial charge in [-0.1, -0.05) is 11.8 Å². The minimum atomic E-state index is -0.963. The van der Waals surface area contributed by atoms with Crippen LogP contribution in [-0.4, -0.2) is 24.2 Å². The van der Waals surface area contributed by atoms with Gasteiger partial charge in [0.1, 0.15) is 0 Å². The summed E-state index contributed by atoms with van der Waals surface area (Å²) in [5.74, 6) is -1.34. The number of methoxy groups -OCH3 is 1. The Morgan fingerprint density at radius 2 is 1.71 bits per heavy atom. The lowest BCUT2D eigenvalue weighted by molar-refractivity contribution is 0.0599. The first-order valence-corrected chi connectivity index (χ1v) is 7.51. The minimum Gasteiger partial charge on any atom is -0.478 e. The van der Waals surface area contributed by atoms with E-state index in [2.05, 4.69) is 20.7 Å².